The summed E-state index contributed by atoms with van der Waals surface area (Å²) in [6, 6.07) is 6.34. The number of fused-ring (bicyclic) bond motifs is 3. The number of benzene rings is 1. The van der Waals surface area contributed by atoms with Gasteiger partial charge in [0.1, 0.15) is 5.69 Å². The first-order chi connectivity index (χ1) is 15.0. The van der Waals surface area contributed by atoms with Crippen LogP contribution in [0.4, 0.5) is 0 Å². The van der Waals surface area contributed by atoms with Crippen molar-refractivity contribution in [1.82, 2.24) is 9.88 Å². The Kier molecular flexibility index (Phi) is 4.77. The van der Waals surface area contributed by atoms with Crippen molar-refractivity contribution < 1.29 is 9.59 Å². The summed E-state index contributed by atoms with van der Waals surface area (Å²) in [4.78, 5) is 30.9. The van der Waals surface area contributed by atoms with Crippen molar-refractivity contribution in [3.05, 3.63) is 70.1 Å². The van der Waals surface area contributed by atoms with Gasteiger partial charge in [0, 0.05) is 24.3 Å². The van der Waals surface area contributed by atoms with Gasteiger partial charge in [-0.15, -0.1) is 0 Å². The summed E-state index contributed by atoms with van der Waals surface area (Å²) in [5, 5.41) is 0. The van der Waals surface area contributed by atoms with Gasteiger partial charge >= 0.3 is 0 Å². The molecule has 0 fully saturated rings. The highest BCUT2D eigenvalue weighted by molar-refractivity contribution is 5.99. The van der Waals surface area contributed by atoms with Crippen molar-refractivity contribution in [2.24, 2.45) is 5.73 Å². The average Bonchev–Trinajstić information content (AvgIpc) is 3.16. The van der Waals surface area contributed by atoms with Gasteiger partial charge in [0.2, 0.25) is 5.91 Å². The van der Waals surface area contributed by atoms with Gasteiger partial charge in [0.05, 0.1) is 0 Å². The zero-order valence-corrected chi connectivity index (χ0v) is 18.0. The van der Waals surface area contributed by atoms with Crippen LogP contribution in [-0.4, -0.2) is 28.2 Å². The van der Waals surface area contributed by atoms with E-state index in [1.54, 1.807) is 0 Å². The highest BCUT2D eigenvalue weighted by atomic mass is 16.2. The van der Waals surface area contributed by atoms with E-state index in [2.05, 4.69) is 24.8 Å². The number of pyridine rings is 1. The van der Waals surface area contributed by atoms with Crippen LogP contribution in [0.25, 0.3) is 16.7 Å². The van der Waals surface area contributed by atoms with Crippen LogP contribution in [0.3, 0.4) is 0 Å². The Morgan fingerprint density at radius 1 is 1.13 bits per heavy atom. The van der Waals surface area contributed by atoms with Crippen LogP contribution in [0.2, 0.25) is 0 Å². The molecule has 5 heteroatoms. The third-order valence-electron chi connectivity index (χ3n) is 7.01. The van der Waals surface area contributed by atoms with Gasteiger partial charge in [-0.3, -0.25) is 9.59 Å². The minimum atomic E-state index is -0.445. The van der Waals surface area contributed by atoms with E-state index in [1.165, 1.54) is 52.3 Å². The zero-order chi connectivity index (χ0) is 21.7. The third-order valence-corrected chi connectivity index (χ3v) is 7.01. The molecule has 158 valence electrons. The molecule has 2 N–H and O–H groups in total. The number of aromatic nitrogens is 1. The molecule has 0 saturated carbocycles. The summed E-state index contributed by atoms with van der Waals surface area (Å²) in [6.07, 6.45) is 7.49. The molecule has 0 bridgehead atoms. The highest BCUT2D eigenvalue weighted by Crippen LogP contribution is 2.48. The number of nitrogens with zero attached hydrogens (tertiary/aromatic N) is 2. The van der Waals surface area contributed by atoms with Gasteiger partial charge in [-0.05, 0) is 84.9 Å². The Balaban J connectivity index is 1.71. The smallest absolute Gasteiger partial charge is 0.267 e. The molecule has 2 amide bonds. The van der Waals surface area contributed by atoms with Gasteiger partial charge in [0.15, 0.2) is 0 Å². The molecule has 2 heterocycles. The fraction of sp³-hybridized carbons (Fsp3) is 0.346. The summed E-state index contributed by atoms with van der Waals surface area (Å²) in [6.45, 7) is 6.88. The largest absolute Gasteiger partial charge is 0.364 e. The maximum atomic E-state index is 12.2. The maximum absolute atomic E-state index is 12.2. The van der Waals surface area contributed by atoms with E-state index in [9.17, 15) is 9.59 Å². The molecule has 3 aliphatic rings. The summed E-state index contributed by atoms with van der Waals surface area (Å²) in [5.41, 5.74) is 16.9. The summed E-state index contributed by atoms with van der Waals surface area (Å²) < 4.78 is 0. The van der Waals surface area contributed by atoms with Gasteiger partial charge in [-0.1, -0.05) is 30.4 Å². The first kappa shape index (κ1) is 19.7. The lowest BCUT2D eigenvalue weighted by molar-refractivity contribution is -0.126. The first-order valence-electron chi connectivity index (χ1n) is 11.1. The molecule has 0 spiro atoms. The molecule has 0 atom stereocenters. The lowest BCUT2D eigenvalue weighted by Crippen LogP contribution is -2.35. The number of hydrogen-bond acceptors (Lipinski definition) is 3. The normalized spacial score (nSPS) is 17.1. The van der Waals surface area contributed by atoms with E-state index in [0.29, 0.717) is 18.8 Å². The van der Waals surface area contributed by atoms with Crippen molar-refractivity contribution in [3.8, 4) is 11.1 Å². The second-order valence-electron chi connectivity index (χ2n) is 8.76. The van der Waals surface area contributed by atoms with Crippen molar-refractivity contribution in [2.45, 2.75) is 52.0 Å². The molecule has 0 radical (unpaired) electrons. The second kappa shape index (κ2) is 7.49. The number of aryl methyl sites for hydroxylation is 1. The van der Waals surface area contributed by atoms with E-state index in [-0.39, 0.29) is 5.91 Å². The topological polar surface area (TPSA) is 76.3 Å². The van der Waals surface area contributed by atoms with Crippen molar-refractivity contribution in [2.75, 3.05) is 6.54 Å². The van der Waals surface area contributed by atoms with E-state index in [1.807, 2.05) is 11.8 Å². The molecule has 5 rings (SSSR count). The lowest BCUT2D eigenvalue weighted by atomic mass is 9.83. The number of hydrogen-bond donors (Lipinski definition) is 1. The average molecular weight is 414 g/mol. The van der Waals surface area contributed by atoms with Gasteiger partial charge in [-0.25, -0.2) is 4.98 Å². The lowest BCUT2D eigenvalue weighted by Gasteiger charge is -2.30. The summed E-state index contributed by atoms with van der Waals surface area (Å²) in [5.74, 6) is -0.475. The van der Waals surface area contributed by atoms with Crippen molar-refractivity contribution >= 4 is 17.4 Å². The second-order valence-corrected chi connectivity index (χ2v) is 8.76. The number of nitrogens with two attached hydrogens (primary N) is 1. The minimum Gasteiger partial charge on any atom is -0.364 e. The molecular formula is C26H27N3O2. The van der Waals surface area contributed by atoms with Crippen LogP contribution in [0.15, 0.2) is 36.4 Å². The van der Waals surface area contributed by atoms with Crippen molar-refractivity contribution in [3.63, 3.8) is 0 Å². The van der Waals surface area contributed by atoms with E-state index >= 15 is 0 Å². The number of amides is 2. The Bertz CT molecular complexity index is 1180. The van der Waals surface area contributed by atoms with Gasteiger partial charge < -0.3 is 10.6 Å². The number of rotatable bonds is 3. The van der Waals surface area contributed by atoms with Gasteiger partial charge in [0.25, 0.3) is 5.91 Å². The molecule has 31 heavy (non-hydrogen) atoms. The van der Waals surface area contributed by atoms with Crippen LogP contribution in [-0.2, 0) is 24.2 Å². The van der Waals surface area contributed by atoms with E-state index < -0.39 is 5.91 Å². The quantitative estimate of drug-likeness (QED) is 0.770. The van der Waals surface area contributed by atoms with Crippen LogP contribution in [0, 0.1) is 6.92 Å². The Morgan fingerprint density at radius 3 is 2.71 bits per heavy atom. The predicted molar refractivity (Wildman–Crippen MR) is 121 cm³/mol. The zero-order valence-electron chi connectivity index (χ0n) is 18.0. The maximum Gasteiger partial charge on any atom is 0.267 e. The van der Waals surface area contributed by atoms with Crippen LogP contribution in [0.5, 0.6) is 0 Å². The highest BCUT2D eigenvalue weighted by Gasteiger charge is 2.33. The standard InChI is InChI=1S/C26H27N3O2/c1-3-22(30)29-12-11-18-17(14-29)8-6-10-20(18)23-15(2)28-25(26(27)31)21-13-16-7-4-5-9-19(16)24(21)23/h3,6,8,10H,1,4-5,7,9,11-14H2,2H3,(H2,27,31). The Labute approximate surface area is 182 Å². The molecular weight excluding hydrogens is 386 g/mol. The van der Waals surface area contributed by atoms with E-state index in [4.69, 9.17) is 10.7 Å². The Morgan fingerprint density at radius 2 is 1.94 bits per heavy atom. The number of primary amides is 1. The number of carbonyl (C=O) groups excluding carboxylic acids is 2. The van der Waals surface area contributed by atoms with E-state index in [0.717, 1.165) is 42.5 Å². The molecule has 2 aromatic rings. The molecule has 0 unspecified atom stereocenters. The molecule has 0 saturated heterocycles. The Hall–Kier alpha value is -3.21. The number of carbonyl (C=O) groups is 2. The first-order valence-corrected chi connectivity index (χ1v) is 11.1. The van der Waals surface area contributed by atoms with Gasteiger partial charge in [-0.2, -0.15) is 0 Å². The minimum absolute atomic E-state index is 0.0300. The predicted octanol–water partition coefficient (Wildman–Crippen LogP) is 4.11. The third kappa shape index (κ3) is 3.11. The van der Waals surface area contributed by atoms with Crippen LogP contribution < -0.4 is 5.73 Å². The summed E-state index contributed by atoms with van der Waals surface area (Å²) >= 11 is 0. The fourth-order valence-electron chi connectivity index (χ4n) is 5.62. The van der Waals surface area contributed by atoms with Crippen LogP contribution in [0.1, 0.15) is 64.1 Å². The molecule has 2 aliphatic carbocycles. The monoisotopic (exact) mass is 413 g/mol. The fourth-order valence-corrected chi connectivity index (χ4v) is 5.62. The molecule has 5 nitrogen and oxygen atoms in total. The SMILES string of the molecule is C=CC(=O)N1CCc2c(cccc2-c2c(C)nc(C(N)=O)c3c2C2=C(CCCC2)C3)C1. The van der Waals surface area contributed by atoms with Crippen molar-refractivity contribution in [1.29, 1.82) is 0 Å². The van der Waals surface area contributed by atoms with Crippen LogP contribution >= 0.6 is 0 Å². The summed E-state index contributed by atoms with van der Waals surface area (Å²) in [7, 11) is 0. The number of allylic oxidation sites excluding steroid dienone is 2. The molecule has 1 aliphatic heterocycles. The molecule has 1 aromatic heterocycles. The molecule has 1 aromatic carbocycles.